The number of piperazine rings is 1. The van der Waals surface area contributed by atoms with Gasteiger partial charge in [-0.25, -0.2) is 0 Å². The summed E-state index contributed by atoms with van der Waals surface area (Å²) in [6.07, 6.45) is 0. The molecule has 1 atom stereocenters. The van der Waals surface area contributed by atoms with Crippen LogP contribution in [-0.2, 0) is 0 Å². The Morgan fingerprint density at radius 3 is 2.72 bits per heavy atom. The standard InChI is InChI=1S/C14H20N2O2/c1-10-4-5-12(13(17)8-10)14(18)16-7-6-15(3)11(2)9-16/h4-5,8,11,17H,6-7,9H2,1-3H3. The molecule has 1 aliphatic heterocycles. The lowest BCUT2D eigenvalue weighted by atomic mass is 10.1. The molecule has 0 saturated carbocycles. The van der Waals surface area contributed by atoms with Crippen LogP contribution in [0.4, 0.5) is 0 Å². The second-order valence-corrected chi connectivity index (χ2v) is 5.10. The molecule has 0 aliphatic carbocycles. The van der Waals surface area contributed by atoms with Crippen molar-refractivity contribution in [3.05, 3.63) is 29.3 Å². The van der Waals surface area contributed by atoms with Crippen molar-refractivity contribution in [2.45, 2.75) is 19.9 Å². The van der Waals surface area contributed by atoms with Gasteiger partial charge in [-0.05, 0) is 38.6 Å². The Bertz CT molecular complexity index is 459. The van der Waals surface area contributed by atoms with Gasteiger partial charge in [0.2, 0.25) is 0 Å². The Morgan fingerprint density at radius 1 is 1.39 bits per heavy atom. The van der Waals surface area contributed by atoms with Gasteiger partial charge in [-0.1, -0.05) is 6.07 Å². The molecule has 2 rings (SSSR count). The van der Waals surface area contributed by atoms with Gasteiger partial charge < -0.3 is 14.9 Å². The summed E-state index contributed by atoms with van der Waals surface area (Å²) in [7, 11) is 2.07. The van der Waals surface area contributed by atoms with Crippen molar-refractivity contribution in [3.8, 4) is 5.75 Å². The van der Waals surface area contributed by atoms with E-state index >= 15 is 0 Å². The quantitative estimate of drug-likeness (QED) is 0.818. The third-order valence-corrected chi connectivity index (χ3v) is 3.63. The Kier molecular flexibility index (Phi) is 3.57. The molecule has 1 N–H and O–H groups in total. The number of phenolic OH excluding ortho intramolecular Hbond substituents is 1. The third-order valence-electron chi connectivity index (χ3n) is 3.63. The summed E-state index contributed by atoms with van der Waals surface area (Å²) in [5.41, 5.74) is 1.35. The highest BCUT2D eigenvalue weighted by molar-refractivity contribution is 5.97. The Morgan fingerprint density at radius 2 is 2.11 bits per heavy atom. The molecule has 0 aromatic heterocycles. The van der Waals surface area contributed by atoms with E-state index in [2.05, 4.69) is 18.9 Å². The zero-order chi connectivity index (χ0) is 13.3. The van der Waals surface area contributed by atoms with Gasteiger partial charge in [0.25, 0.3) is 5.91 Å². The van der Waals surface area contributed by atoms with Crippen molar-refractivity contribution in [2.75, 3.05) is 26.7 Å². The largest absolute Gasteiger partial charge is 0.507 e. The number of aromatic hydroxyl groups is 1. The first-order valence-electron chi connectivity index (χ1n) is 6.28. The number of phenols is 1. The number of nitrogens with zero attached hydrogens (tertiary/aromatic N) is 2. The average molecular weight is 248 g/mol. The zero-order valence-corrected chi connectivity index (χ0v) is 11.2. The van der Waals surface area contributed by atoms with Crippen LogP contribution in [0, 0.1) is 6.92 Å². The number of aryl methyl sites for hydroxylation is 1. The highest BCUT2D eigenvalue weighted by atomic mass is 16.3. The summed E-state index contributed by atoms with van der Waals surface area (Å²) in [6, 6.07) is 5.55. The summed E-state index contributed by atoms with van der Waals surface area (Å²) >= 11 is 0. The molecule has 0 bridgehead atoms. The molecule has 1 heterocycles. The number of hydrogen-bond acceptors (Lipinski definition) is 3. The first-order valence-corrected chi connectivity index (χ1v) is 6.28. The van der Waals surface area contributed by atoms with Gasteiger partial charge in [0.15, 0.2) is 0 Å². The van der Waals surface area contributed by atoms with E-state index in [-0.39, 0.29) is 11.7 Å². The van der Waals surface area contributed by atoms with Gasteiger partial charge >= 0.3 is 0 Å². The minimum absolute atomic E-state index is 0.0755. The summed E-state index contributed by atoms with van der Waals surface area (Å²) in [4.78, 5) is 16.4. The number of carbonyl (C=O) groups is 1. The molecular formula is C14H20N2O2. The summed E-state index contributed by atoms with van der Waals surface area (Å²) < 4.78 is 0. The highest BCUT2D eigenvalue weighted by Gasteiger charge is 2.26. The van der Waals surface area contributed by atoms with Crippen LogP contribution >= 0.6 is 0 Å². The fraction of sp³-hybridized carbons (Fsp3) is 0.500. The molecule has 1 unspecified atom stereocenters. The minimum Gasteiger partial charge on any atom is -0.507 e. The summed E-state index contributed by atoms with van der Waals surface area (Å²) in [6.45, 7) is 6.30. The maximum atomic E-state index is 12.3. The Hall–Kier alpha value is -1.55. The Balaban J connectivity index is 2.16. The van der Waals surface area contributed by atoms with Gasteiger partial charge in [-0.15, -0.1) is 0 Å². The minimum atomic E-state index is -0.0764. The number of rotatable bonds is 1. The van der Waals surface area contributed by atoms with E-state index in [9.17, 15) is 9.90 Å². The molecule has 0 radical (unpaired) electrons. The molecule has 1 aromatic rings. The molecule has 1 fully saturated rings. The summed E-state index contributed by atoms with van der Waals surface area (Å²) in [5, 5.41) is 9.85. The lowest BCUT2D eigenvalue weighted by Crippen LogP contribution is -2.52. The van der Waals surface area contributed by atoms with Crippen LogP contribution in [0.5, 0.6) is 5.75 Å². The van der Waals surface area contributed by atoms with Crippen LogP contribution in [0.3, 0.4) is 0 Å². The number of benzene rings is 1. The predicted octanol–water partition coefficient (Wildman–Crippen LogP) is 1.48. The molecule has 1 aliphatic rings. The molecule has 18 heavy (non-hydrogen) atoms. The normalized spacial score (nSPS) is 21.1. The molecule has 98 valence electrons. The number of amides is 1. The third kappa shape index (κ3) is 2.48. The van der Waals surface area contributed by atoms with Crippen molar-refractivity contribution in [1.29, 1.82) is 0 Å². The smallest absolute Gasteiger partial charge is 0.257 e. The zero-order valence-electron chi connectivity index (χ0n) is 11.2. The van der Waals surface area contributed by atoms with E-state index in [1.54, 1.807) is 12.1 Å². The van der Waals surface area contributed by atoms with Crippen LogP contribution in [0.15, 0.2) is 18.2 Å². The SMILES string of the molecule is Cc1ccc(C(=O)N2CCN(C)C(C)C2)c(O)c1. The van der Waals surface area contributed by atoms with Gasteiger partial charge in [0.1, 0.15) is 5.75 Å². The van der Waals surface area contributed by atoms with Crippen LogP contribution in [0.25, 0.3) is 0 Å². The lowest BCUT2D eigenvalue weighted by molar-refractivity contribution is 0.0569. The maximum Gasteiger partial charge on any atom is 0.257 e. The topological polar surface area (TPSA) is 43.8 Å². The fourth-order valence-corrected chi connectivity index (χ4v) is 2.23. The van der Waals surface area contributed by atoms with Gasteiger partial charge in [-0.3, -0.25) is 4.79 Å². The highest BCUT2D eigenvalue weighted by Crippen LogP contribution is 2.21. The second kappa shape index (κ2) is 4.98. The first-order chi connectivity index (χ1) is 8.49. The monoisotopic (exact) mass is 248 g/mol. The van der Waals surface area contributed by atoms with Crippen LogP contribution in [0.2, 0.25) is 0 Å². The molecule has 1 saturated heterocycles. The number of hydrogen-bond donors (Lipinski definition) is 1. The van der Waals surface area contributed by atoms with Gasteiger partial charge in [-0.2, -0.15) is 0 Å². The van der Waals surface area contributed by atoms with E-state index in [4.69, 9.17) is 0 Å². The van der Waals surface area contributed by atoms with Crippen LogP contribution in [-0.4, -0.2) is 53.5 Å². The molecule has 1 amide bonds. The first kappa shape index (κ1) is 12.9. The van der Waals surface area contributed by atoms with Crippen molar-refractivity contribution in [1.82, 2.24) is 9.80 Å². The van der Waals surface area contributed by atoms with E-state index in [0.29, 0.717) is 24.7 Å². The van der Waals surface area contributed by atoms with Crippen molar-refractivity contribution in [3.63, 3.8) is 0 Å². The van der Waals surface area contributed by atoms with Crippen LogP contribution < -0.4 is 0 Å². The second-order valence-electron chi connectivity index (χ2n) is 5.10. The van der Waals surface area contributed by atoms with Crippen molar-refractivity contribution < 1.29 is 9.90 Å². The molecular weight excluding hydrogens is 228 g/mol. The van der Waals surface area contributed by atoms with Gasteiger partial charge in [0.05, 0.1) is 5.56 Å². The van der Waals surface area contributed by atoms with Crippen molar-refractivity contribution in [2.24, 2.45) is 0 Å². The predicted molar refractivity (Wildman–Crippen MR) is 70.8 cm³/mol. The molecule has 4 nitrogen and oxygen atoms in total. The van der Waals surface area contributed by atoms with E-state index in [1.807, 2.05) is 17.9 Å². The average Bonchev–Trinajstić information content (AvgIpc) is 2.32. The van der Waals surface area contributed by atoms with Gasteiger partial charge in [0, 0.05) is 25.7 Å². The van der Waals surface area contributed by atoms with E-state index in [1.165, 1.54) is 0 Å². The molecule has 0 spiro atoms. The lowest BCUT2D eigenvalue weighted by Gasteiger charge is -2.37. The van der Waals surface area contributed by atoms with E-state index in [0.717, 1.165) is 12.1 Å². The molecule has 1 aromatic carbocycles. The fourth-order valence-electron chi connectivity index (χ4n) is 2.23. The number of likely N-dealkylation sites (N-methyl/N-ethyl adjacent to an activating group) is 1. The summed E-state index contributed by atoms with van der Waals surface area (Å²) in [5.74, 6) is -0.000897. The van der Waals surface area contributed by atoms with Crippen LogP contribution in [0.1, 0.15) is 22.8 Å². The maximum absolute atomic E-state index is 12.3. The van der Waals surface area contributed by atoms with Crippen molar-refractivity contribution >= 4 is 5.91 Å². The molecule has 4 heteroatoms. The van der Waals surface area contributed by atoms with E-state index < -0.39 is 0 Å². The number of carbonyl (C=O) groups excluding carboxylic acids is 1. The Labute approximate surface area is 108 Å².